The second-order valence-electron chi connectivity index (χ2n) is 8.98. The van der Waals surface area contributed by atoms with E-state index in [-0.39, 0.29) is 17.8 Å². The Morgan fingerprint density at radius 3 is 2.34 bits per heavy atom. The number of carbonyl (C=O) groups excluding carboxylic acids is 1. The molecule has 1 amide bonds. The maximum absolute atomic E-state index is 12.8. The van der Waals surface area contributed by atoms with E-state index in [4.69, 9.17) is 16.6 Å². The van der Waals surface area contributed by atoms with Crippen LogP contribution in [0.25, 0.3) is 10.9 Å². The quantitative estimate of drug-likeness (QED) is 0.313. The number of nitrogens with one attached hydrogen (secondary N) is 1. The van der Waals surface area contributed by atoms with E-state index in [0.29, 0.717) is 28.5 Å². The molecule has 4 aromatic rings. The van der Waals surface area contributed by atoms with Crippen LogP contribution in [0.3, 0.4) is 0 Å². The van der Waals surface area contributed by atoms with E-state index in [1.165, 1.54) is 0 Å². The monoisotopic (exact) mass is 488 g/mol. The fourth-order valence-corrected chi connectivity index (χ4v) is 4.32. The van der Waals surface area contributed by atoms with Crippen LogP contribution in [0.1, 0.15) is 25.0 Å². The van der Waals surface area contributed by atoms with E-state index in [0.717, 1.165) is 22.2 Å². The summed E-state index contributed by atoms with van der Waals surface area (Å²) in [5.41, 5.74) is 4.37. The van der Waals surface area contributed by atoms with E-state index >= 15 is 0 Å². The van der Waals surface area contributed by atoms with E-state index < -0.39 is 0 Å². The van der Waals surface area contributed by atoms with Crippen molar-refractivity contribution in [3.8, 4) is 5.88 Å². The molecule has 7 heteroatoms. The van der Waals surface area contributed by atoms with Crippen LogP contribution in [-0.4, -0.2) is 53.3 Å². The van der Waals surface area contributed by atoms with Crippen molar-refractivity contribution in [1.82, 2.24) is 9.88 Å². The van der Waals surface area contributed by atoms with Crippen LogP contribution in [0.4, 0.5) is 11.4 Å². The third-order valence-electron chi connectivity index (χ3n) is 5.63. The van der Waals surface area contributed by atoms with Gasteiger partial charge in [0.05, 0.1) is 29.0 Å². The van der Waals surface area contributed by atoms with Gasteiger partial charge in [0.25, 0.3) is 0 Å². The minimum absolute atomic E-state index is 0.0201. The second kappa shape index (κ2) is 10.3. The number of benzene rings is 3. The number of hydrogen-bond donors (Lipinski definition) is 2. The lowest BCUT2D eigenvalue weighted by molar-refractivity contribution is -0.119. The van der Waals surface area contributed by atoms with Crippen LogP contribution in [-0.2, 0) is 4.79 Å². The van der Waals surface area contributed by atoms with Crippen molar-refractivity contribution in [3.63, 3.8) is 0 Å². The van der Waals surface area contributed by atoms with Gasteiger partial charge in [-0.2, -0.15) is 0 Å². The van der Waals surface area contributed by atoms with Gasteiger partial charge in [0.1, 0.15) is 0 Å². The maximum atomic E-state index is 12.8. The molecule has 0 saturated carbocycles. The molecule has 4 rings (SSSR count). The number of aromatic nitrogens is 1. The summed E-state index contributed by atoms with van der Waals surface area (Å²) < 4.78 is 0. The van der Waals surface area contributed by atoms with E-state index in [1.807, 2.05) is 93.5 Å². The molecule has 35 heavy (non-hydrogen) atoms. The molecule has 0 aliphatic carbocycles. The lowest BCUT2D eigenvalue weighted by Gasteiger charge is -2.28. The molecular weight excluding hydrogens is 460 g/mol. The third kappa shape index (κ3) is 5.39. The van der Waals surface area contributed by atoms with Crippen molar-refractivity contribution in [1.29, 1.82) is 0 Å². The summed E-state index contributed by atoms with van der Waals surface area (Å²) >= 11 is 6.16. The molecule has 3 aromatic carbocycles. The van der Waals surface area contributed by atoms with Gasteiger partial charge in [-0.1, -0.05) is 48.0 Å². The standard InChI is InChI=1S/C28H29ClN4O2/c1-18(2)33(25(34)17-32(3)4)22-13-11-21(12-14-22)30-27(19-8-6-5-7-9-19)26-23-15-10-20(29)16-24(23)31-28(26)35/h5-16,18,31,35H,17H2,1-4H3. The number of aromatic amines is 1. The van der Waals surface area contributed by atoms with Gasteiger partial charge in [0, 0.05) is 27.7 Å². The van der Waals surface area contributed by atoms with Crippen molar-refractivity contribution >= 4 is 45.5 Å². The summed E-state index contributed by atoms with van der Waals surface area (Å²) in [6.45, 7) is 4.33. The van der Waals surface area contributed by atoms with Crippen molar-refractivity contribution < 1.29 is 9.90 Å². The van der Waals surface area contributed by atoms with Gasteiger partial charge < -0.3 is 19.9 Å². The van der Waals surface area contributed by atoms with Crippen molar-refractivity contribution in [2.75, 3.05) is 25.5 Å². The lowest BCUT2D eigenvalue weighted by atomic mass is 10.0. The largest absolute Gasteiger partial charge is 0.494 e. The Bertz CT molecular complexity index is 1360. The Kier molecular flexibility index (Phi) is 7.24. The molecule has 180 valence electrons. The molecule has 1 heterocycles. The summed E-state index contributed by atoms with van der Waals surface area (Å²) in [6, 6.07) is 22.8. The predicted octanol–water partition coefficient (Wildman–Crippen LogP) is 6.00. The second-order valence-corrected chi connectivity index (χ2v) is 9.41. The number of aromatic hydroxyl groups is 1. The molecule has 0 fully saturated rings. The van der Waals surface area contributed by atoms with E-state index in [9.17, 15) is 9.90 Å². The topological polar surface area (TPSA) is 71.9 Å². The van der Waals surface area contributed by atoms with Crippen molar-refractivity contribution in [3.05, 3.63) is 88.9 Å². The average molecular weight is 489 g/mol. The zero-order chi connectivity index (χ0) is 25.1. The van der Waals surface area contributed by atoms with Gasteiger partial charge in [-0.3, -0.25) is 4.79 Å². The van der Waals surface area contributed by atoms with E-state index in [1.54, 1.807) is 17.0 Å². The minimum atomic E-state index is 0.0201. The number of rotatable bonds is 7. The first-order chi connectivity index (χ1) is 16.7. The number of aliphatic imine (C=N–C) groups is 1. The molecule has 0 aliphatic heterocycles. The fourth-order valence-electron chi connectivity index (χ4n) is 4.15. The summed E-state index contributed by atoms with van der Waals surface area (Å²) in [5, 5.41) is 12.2. The third-order valence-corrected chi connectivity index (χ3v) is 5.87. The molecule has 2 N–H and O–H groups in total. The zero-order valence-corrected chi connectivity index (χ0v) is 21.0. The zero-order valence-electron chi connectivity index (χ0n) is 20.3. The molecule has 0 radical (unpaired) electrons. The molecule has 0 saturated heterocycles. The molecule has 6 nitrogen and oxygen atoms in total. The smallest absolute Gasteiger partial charge is 0.241 e. The molecule has 0 spiro atoms. The van der Waals surface area contributed by atoms with Gasteiger partial charge in [-0.25, -0.2) is 4.99 Å². The molecule has 0 atom stereocenters. The number of fused-ring (bicyclic) bond motifs is 1. The first-order valence-corrected chi connectivity index (χ1v) is 11.8. The summed E-state index contributed by atoms with van der Waals surface area (Å²) in [4.78, 5) is 24.4. The summed E-state index contributed by atoms with van der Waals surface area (Å²) in [7, 11) is 3.76. The number of carbonyl (C=O) groups is 1. The van der Waals surface area contributed by atoms with Crippen molar-refractivity contribution in [2.45, 2.75) is 19.9 Å². The van der Waals surface area contributed by atoms with Crippen LogP contribution < -0.4 is 4.90 Å². The van der Waals surface area contributed by atoms with Gasteiger partial charge in [-0.15, -0.1) is 0 Å². The Labute approximate surface area is 210 Å². The number of amides is 1. The molecule has 1 aromatic heterocycles. The highest BCUT2D eigenvalue weighted by molar-refractivity contribution is 6.31. The fraction of sp³-hybridized carbons (Fsp3) is 0.214. The van der Waals surface area contributed by atoms with Gasteiger partial charge >= 0.3 is 0 Å². The SMILES string of the molecule is CC(C)N(C(=O)CN(C)C)c1ccc(N=C(c2ccccc2)c2c(O)[nH]c3cc(Cl)ccc23)cc1. The molecule has 0 bridgehead atoms. The first kappa shape index (κ1) is 24.5. The Morgan fingerprint density at radius 2 is 1.71 bits per heavy atom. The van der Waals surface area contributed by atoms with Gasteiger partial charge in [0.15, 0.2) is 5.88 Å². The number of H-pyrrole nitrogens is 1. The van der Waals surface area contributed by atoms with E-state index in [2.05, 4.69) is 4.98 Å². The molecule has 0 unspecified atom stereocenters. The average Bonchev–Trinajstić information content (AvgIpc) is 3.13. The van der Waals surface area contributed by atoms with Crippen LogP contribution >= 0.6 is 11.6 Å². The number of hydrogen-bond acceptors (Lipinski definition) is 4. The lowest BCUT2D eigenvalue weighted by Crippen LogP contribution is -2.42. The Hall–Kier alpha value is -3.61. The van der Waals surface area contributed by atoms with Gasteiger partial charge in [-0.05, 0) is 64.3 Å². The Balaban J connectivity index is 1.78. The highest BCUT2D eigenvalue weighted by atomic mass is 35.5. The van der Waals surface area contributed by atoms with Crippen LogP contribution in [0, 0.1) is 0 Å². The summed E-state index contributed by atoms with van der Waals surface area (Å²) in [5.74, 6) is 0.0651. The van der Waals surface area contributed by atoms with Crippen LogP contribution in [0.2, 0.25) is 5.02 Å². The van der Waals surface area contributed by atoms with Crippen LogP contribution in [0.15, 0.2) is 77.8 Å². The van der Waals surface area contributed by atoms with Crippen LogP contribution in [0.5, 0.6) is 5.88 Å². The number of nitrogens with zero attached hydrogens (tertiary/aromatic N) is 3. The minimum Gasteiger partial charge on any atom is -0.494 e. The number of anilines is 1. The molecular formula is C28H29ClN4O2. The normalized spacial score (nSPS) is 12.0. The predicted molar refractivity (Wildman–Crippen MR) is 144 cm³/mol. The van der Waals surface area contributed by atoms with Crippen molar-refractivity contribution in [2.24, 2.45) is 4.99 Å². The highest BCUT2D eigenvalue weighted by Gasteiger charge is 2.21. The summed E-state index contributed by atoms with van der Waals surface area (Å²) in [6.07, 6.45) is 0. The Morgan fingerprint density at radius 1 is 1.03 bits per heavy atom. The van der Waals surface area contributed by atoms with Gasteiger partial charge in [0.2, 0.25) is 5.91 Å². The maximum Gasteiger partial charge on any atom is 0.241 e. The number of likely N-dealkylation sites (N-methyl/N-ethyl adjacent to an activating group) is 1. The highest BCUT2D eigenvalue weighted by Crippen LogP contribution is 2.33. The first-order valence-electron chi connectivity index (χ1n) is 11.5. The molecule has 0 aliphatic rings. The number of halogens is 1.